The van der Waals surface area contributed by atoms with Crippen molar-refractivity contribution in [3.05, 3.63) is 41.8 Å². The van der Waals surface area contributed by atoms with Gasteiger partial charge in [-0.25, -0.2) is 4.39 Å². The van der Waals surface area contributed by atoms with Gasteiger partial charge >= 0.3 is 0 Å². The lowest BCUT2D eigenvalue weighted by Crippen LogP contribution is -2.48. The zero-order chi connectivity index (χ0) is 16.5. The molecule has 3 heterocycles. The third kappa shape index (κ3) is 3.04. The first-order valence-corrected chi connectivity index (χ1v) is 8.81. The van der Waals surface area contributed by atoms with E-state index in [4.69, 9.17) is 4.74 Å². The molecule has 4 nitrogen and oxygen atoms in total. The number of hydrogen-bond donors (Lipinski definition) is 0. The maximum absolute atomic E-state index is 14.0. The van der Waals surface area contributed by atoms with Gasteiger partial charge in [-0.1, -0.05) is 6.07 Å². The van der Waals surface area contributed by atoms with Gasteiger partial charge in [-0.15, -0.1) is 0 Å². The molecule has 2 atom stereocenters. The van der Waals surface area contributed by atoms with Gasteiger partial charge in [0.1, 0.15) is 5.82 Å². The van der Waals surface area contributed by atoms with Crippen LogP contribution in [-0.2, 0) is 11.3 Å². The van der Waals surface area contributed by atoms with Gasteiger partial charge in [0.05, 0.1) is 18.7 Å². The van der Waals surface area contributed by atoms with Gasteiger partial charge < -0.3 is 4.74 Å². The number of morpholine rings is 1. The molecule has 128 valence electrons. The van der Waals surface area contributed by atoms with Gasteiger partial charge in [0.15, 0.2) is 0 Å². The van der Waals surface area contributed by atoms with Crippen molar-refractivity contribution in [3.8, 4) is 0 Å². The van der Waals surface area contributed by atoms with Gasteiger partial charge in [-0.2, -0.15) is 0 Å². The van der Waals surface area contributed by atoms with Crippen molar-refractivity contribution >= 4 is 10.9 Å². The Morgan fingerprint density at radius 1 is 1.25 bits per heavy atom. The number of pyridine rings is 1. The van der Waals surface area contributed by atoms with Gasteiger partial charge in [-0.05, 0) is 37.1 Å². The molecule has 0 N–H and O–H groups in total. The maximum Gasteiger partial charge on any atom is 0.124 e. The quantitative estimate of drug-likeness (QED) is 0.866. The number of aromatic nitrogens is 1. The van der Waals surface area contributed by atoms with Crippen LogP contribution in [0.4, 0.5) is 4.39 Å². The lowest BCUT2D eigenvalue weighted by molar-refractivity contribution is 0.00985. The Morgan fingerprint density at radius 3 is 2.92 bits per heavy atom. The average molecular weight is 329 g/mol. The van der Waals surface area contributed by atoms with Crippen LogP contribution in [0.15, 0.2) is 30.5 Å². The lowest BCUT2D eigenvalue weighted by Gasteiger charge is -2.36. The van der Waals surface area contributed by atoms with E-state index in [0.29, 0.717) is 12.1 Å². The van der Waals surface area contributed by atoms with Crippen molar-refractivity contribution in [2.24, 2.45) is 0 Å². The Balaban J connectivity index is 1.53. The molecular formula is C19H24FN3O. The summed E-state index contributed by atoms with van der Waals surface area (Å²) in [6.45, 7) is 7.81. The molecule has 5 heteroatoms. The molecular weight excluding hydrogens is 305 g/mol. The molecule has 1 aromatic carbocycles. The minimum Gasteiger partial charge on any atom is -0.379 e. The second-order valence-corrected chi connectivity index (χ2v) is 6.86. The van der Waals surface area contributed by atoms with E-state index in [1.165, 1.54) is 6.42 Å². The summed E-state index contributed by atoms with van der Waals surface area (Å²) in [7, 11) is 0. The molecule has 2 aromatic rings. The van der Waals surface area contributed by atoms with Crippen LogP contribution in [-0.4, -0.2) is 59.7 Å². The van der Waals surface area contributed by atoms with Crippen LogP contribution in [0.2, 0.25) is 0 Å². The summed E-state index contributed by atoms with van der Waals surface area (Å²) in [5.74, 6) is -0.179. The van der Waals surface area contributed by atoms with Crippen molar-refractivity contribution in [3.63, 3.8) is 0 Å². The summed E-state index contributed by atoms with van der Waals surface area (Å²) in [5.41, 5.74) is 1.90. The molecule has 0 bridgehead atoms. The molecule has 0 aliphatic carbocycles. The summed E-state index contributed by atoms with van der Waals surface area (Å²) in [6, 6.07) is 8.03. The molecule has 2 saturated heterocycles. The smallest absolute Gasteiger partial charge is 0.124 e. The molecule has 0 spiro atoms. The van der Waals surface area contributed by atoms with E-state index in [1.54, 1.807) is 18.3 Å². The number of ether oxygens (including phenoxy) is 1. The van der Waals surface area contributed by atoms with Crippen molar-refractivity contribution in [1.29, 1.82) is 0 Å². The highest BCUT2D eigenvalue weighted by Crippen LogP contribution is 2.27. The monoisotopic (exact) mass is 329 g/mol. The Hall–Kier alpha value is -1.56. The van der Waals surface area contributed by atoms with Crippen molar-refractivity contribution in [1.82, 2.24) is 14.8 Å². The molecule has 0 saturated carbocycles. The second-order valence-electron chi connectivity index (χ2n) is 6.86. The van der Waals surface area contributed by atoms with Crippen LogP contribution < -0.4 is 0 Å². The predicted molar refractivity (Wildman–Crippen MR) is 92.4 cm³/mol. The fourth-order valence-corrected chi connectivity index (χ4v) is 4.17. The van der Waals surface area contributed by atoms with Gasteiger partial charge in [0.25, 0.3) is 0 Å². The zero-order valence-corrected chi connectivity index (χ0v) is 14.1. The predicted octanol–water partition coefficient (Wildman–Crippen LogP) is 2.67. The lowest BCUT2D eigenvalue weighted by atomic mass is 10.1. The molecule has 0 amide bonds. The van der Waals surface area contributed by atoms with E-state index < -0.39 is 0 Å². The van der Waals surface area contributed by atoms with Crippen LogP contribution in [0, 0.1) is 5.82 Å². The number of likely N-dealkylation sites (tertiary alicyclic amines) is 1. The average Bonchev–Trinajstić information content (AvgIpc) is 2.96. The number of fused-ring (bicyclic) bond motifs is 1. The van der Waals surface area contributed by atoms with E-state index in [-0.39, 0.29) is 5.82 Å². The summed E-state index contributed by atoms with van der Waals surface area (Å²) in [5, 5.41) is 0.879. The number of benzene rings is 1. The number of nitrogens with zero attached hydrogens (tertiary/aromatic N) is 3. The van der Waals surface area contributed by atoms with Crippen molar-refractivity contribution < 1.29 is 9.13 Å². The summed E-state index contributed by atoms with van der Waals surface area (Å²) < 4.78 is 19.4. The van der Waals surface area contributed by atoms with Gasteiger partial charge in [0, 0.05) is 49.8 Å². The second kappa shape index (κ2) is 6.75. The van der Waals surface area contributed by atoms with Gasteiger partial charge in [-0.3, -0.25) is 14.8 Å². The summed E-state index contributed by atoms with van der Waals surface area (Å²) in [6.07, 6.45) is 2.95. The Bertz CT molecular complexity index is 717. The fraction of sp³-hybridized carbons (Fsp3) is 0.526. The molecule has 24 heavy (non-hydrogen) atoms. The van der Waals surface area contributed by atoms with Crippen LogP contribution in [0.3, 0.4) is 0 Å². The molecule has 0 unspecified atom stereocenters. The number of hydrogen-bond acceptors (Lipinski definition) is 4. The highest BCUT2D eigenvalue weighted by molar-refractivity contribution is 5.81. The largest absolute Gasteiger partial charge is 0.379 e. The highest BCUT2D eigenvalue weighted by atomic mass is 19.1. The Morgan fingerprint density at radius 2 is 2.08 bits per heavy atom. The number of halogens is 1. The van der Waals surface area contributed by atoms with E-state index in [1.807, 2.05) is 12.1 Å². The molecule has 1 aromatic heterocycles. The van der Waals surface area contributed by atoms with Crippen LogP contribution >= 0.6 is 0 Å². The van der Waals surface area contributed by atoms with E-state index in [9.17, 15) is 4.39 Å². The summed E-state index contributed by atoms with van der Waals surface area (Å²) >= 11 is 0. The first-order valence-electron chi connectivity index (χ1n) is 8.81. The fourth-order valence-electron chi connectivity index (χ4n) is 4.17. The Labute approximate surface area is 142 Å². The van der Waals surface area contributed by atoms with E-state index in [0.717, 1.165) is 55.9 Å². The molecule has 2 aliphatic heterocycles. The third-order valence-corrected chi connectivity index (χ3v) is 5.48. The molecule has 0 radical (unpaired) electrons. The standard InChI is InChI=1S/C19H24FN3O/c1-14-18(22-7-9-24-10-8-22)4-6-23(14)13-16-12-17(20)11-15-3-2-5-21-19(15)16/h2-3,5,11-12,14,18H,4,6-10,13H2,1H3/t14-,18-/m1/s1. The minimum atomic E-state index is -0.179. The zero-order valence-electron chi connectivity index (χ0n) is 14.1. The van der Waals surface area contributed by atoms with Gasteiger partial charge in [0.2, 0.25) is 0 Å². The first-order chi connectivity index (χ1) is 11.7. The SMILES string of the molecule is C[C@@H]1[C@H](N2CCOCC2)CCN1Cc1cc(F)cc2cccnc12. The third-order valence-electron chi connectivity index (χ3n) is 5.48. The van der Waals surface area contributed by atoms with Crippen LogP contribution in [0.1, 0.15) is 18.9 Å². The van der Waals surface area contributed by atoms with Crippen molar-refractivity contribution in [2.75, 3.05) is 32.8 Å². The van der Waals surface area contributed by atoms with Crippen LogP contribution in [0.5, 0.6) is 0 Å². The summed E-state index contributed by atoms with van der Waals surface area (Å²) in [4.78, 5) is 9.49. The normalized spacial score (nSPS) is 26.2. The number of rotatable bonds is 3. The molecule has 2 fully saturated rings. The molecule has 2 aliphatic rings. The first kappa shape index (κ1) is 15.9. The van der Waals surface area contributed by atoms with E-state index in [2.05, 4.69) is 21.7 Å². The highest BCUT2D eigenvalue weighted by Gasteiger charge is 2.35. The minimum absolute atomic E-state index is 0.179. The molecule has 4 rings (SSSR count). The van der Waals surface area contributed by atoms with E-state index >= 15 is 0 Å². The maximum atomic E-state index is 14.0. The van der Waals surface area contributed by atoms with Crippen molar-refractivity contribution in [2.45, 2.75) is 32.0 Å². The van der Waals surface area contributed by atoms with Crippen LogP contribution in [0.25, 0.3) is 10.9 Å². The Kier molecular flexibility index (Phi) is 4.48. The topological polar surface area (TPSA) is 28.6 Å².